The van der Waals surface area contributed by atoms with Crippen molar-refractivity contribution in [2.45, 2.75) is 32.0 Å². The Bertz CT molecular complexity index is 870. The molecular formula is C19H19FN4O2. The number of nitrogens with one attached hydrogen (secondary N) is 2. The predicted molar refractivity (Wildman–Crippen MR) is 95.8 cm³/mol. The first-order valence-corrected chi connectivity index (χ1v) is 8.70. The third kappa shape index (κ3) is 2.89. The Morgan fingerprint density at radius 2 is 2.15 bits per heavy atom. The number of carbonyl (C=O) groups excluding carboxylic acids is 2. The molecule has 4 rings (SSSR count). The van der Waals surface area contributed by atoms with Crippen molar-refractivity contribution in [3.8, 4) is 0 Å². The van der Waals surface area contributed by atoms with Gasteiger partial charge in [-0.05, 0) is 49.1 Å². The molecule has 3 amide bonds. The Balaban J connectivity index is 1.56. The molecule has 1 atom stereocenters. The van der Waals surface area contributed by atoms with Crippen molar-refractivity contribution in [2.75, 3.05) is 17.2 Å². The summed E-state index contributed by atoms with van der Waals surface area (Å²) in [6, 6.07) is 7.98. The Morgan fingerprint density at radius 1 is 1.27 bits per heavy atom. The molecule has 7 heteroatoms. The summed E-state index contributed by atoms with van der Waals surface area (Å²) in [4.78, 5) is 30.9. The highest BCUT2D eigenvalue weighted by atomic mass is 19.1. The molecule has 26 heavy (non-hydrogen) atoms. The lowest BCUT2D eigenvalue weighted by Crippen LogP contribution is -2.32. The molecule has 6 nitrogen and oxygen atoms in total. The average molecular weight is 354 g/mol. The highest BCUT2D eigenvalue weighted by molar-refractivity contribution is 6.04. The number of aromatic nitrogens is 1. The second-order valence-electron chi connectivity index (χ2n) is 6.54. The van der Waals surface area contributed by atoms with Crippen LogP contribution in [0.3, 0.4) is 0 Å². The van der Waals surface area contributed by atoms with Crippen LogP contribution in [0.1, 0.15) is 46.8 Å². The number of hydrogen-bond donors (Lipinski definition) is 2. The van der Waals surface area contributed by atoms with Crippen molar-refractivity contribution >= 4 is 23.4 Å². The van der Waals surface area contributed by atoms with Crippen LogP contribution in [0.4, 0.5) is 20.7 Å². The standard InChI is InChI=1S/C19H19FN4O2/c20-11-12-7-8-21-16(10-12)23-19(26)22-14-5-3-4-13-17(14)15-6-1-2-9-24(15)18(13)25/h3-5,7-8,10,15H,1-2,6,9,11H2,(H2,21,22,23,26). The minimum atomic E-state index is -0.620. The van der Waals surface area contributed by atoms with E-state index in [0.717, 1.165) is 31.4 Å². The number of urea groups is 1. The number of piperidine rings is 1. The van der Waals surface area contributed by atoms with Crippen LogP contribution >= 0.6 is 0 Å². The molecule has 3 heterocycles. The first-order valence-electron chi connectivity index (χ1n) is 8.70. The highest BCUT2D eigenvalue weighted by Crippen LogP contribution is 2.43. The first-order chi connectivity index (χ1) is 12.7. The van der Waals surface area contributed by atoms with Crippen LogP contribution in [0.25, 0.3) is 0 Å². The van der Waals surface area contributed by atoms with E-state index in [4.69, 9.17) is 0 Å². The summed E-state index contributed by atoms with van der Waals surface area (Å²) in [6.45, 7) is 0.133. The molecule has 0 bridgehead atoms. The zero-order valence-electron chi connectivity index (χ0n) is 14.2. The molecule has 2 aromatic rings. The second-order valence-corrected chi connectivity index (χ2v) is 6.54. The Morgan fingerprint density at radius 3 is 3.00 bits per heavy atom. The summed E-state index contributed by atoms with van der Waals surface area (Å²) in [5, 5.41) is 5.43. The number of benzene rings is 1. The van der Waals surface area contributed by atoms with Crippen LogP contribution < -0.4 is 10.6 Å². The summed E-state index contributed by atoms with van der Waals surface area (Å²) in [5.41, 5.74) is 2.62. The van der Waals surface area contributed by atoms with Gasteiger partial charge in [-0.15, -0.1) is 0 Å². The normalized spacial score (nSPS) is 18.3. The van der Waals surface area contributed by atoms with E-state index in [9.17, 15) is 14.0 Å². The summed E-state index contributed by atoms with van der Waals surface area (Å²) < 4.78 is 12.7. The SMILES string of the molecule is O=C(Nc1cc(CF)ccn1)Nc1cccc2c1C1CCCCN1C2=O. The van der Waals surface area contributed by atoms with E-state index in [1.165, 1.54) is 12.3 Å². The van der Waals surface area contributed by atoms with Crippen LogP contribution in [-0.2, 0) is 6.67 Å². The predicted octanol–water partition coefficient (Wildman–Crippen LogP) is 3.88. The zero-order chi connectivity index (χ0) is 18.1. The molecule has 2 N–H and O–H groups in total. The van der Waals surface area contributed by atoms with Gasteiger partial charge in [0.25, 0.3) is 5.91 Å². The van der Waals surface area contributed by atoms with Gasteiger partial charge in [0.1, 0.15) is 12.5 Å². The van der Waals surface area contributed by atoms with Gasteiger partial charge in [-0.3, -0.25) is 10.1 Å². The van der Waals surface area contributed by atoms with Crippen molar-refractivity contribution in [3.05, 3.63) is 53.2 Å². The Labute approximate surface area is 150 Å². The number of pyridine rings is 1. The third-order valence-electron chi connectivity index (χ3n) is 4.90. The van der Waals surface area contributed by atoms with E-state index in [-0.39, 0.29) is 17.8 Å². The maximum absolute atomic E-state index is 12.7. The number of rotatable bonds is 3. The number of carbonyl (C=O) groups is 2. The monoisotopic (exact) mass is 354 g/mol. The van der Waals surface area contributed by atoms with Gasteiger partial charge in [0.15, 0.2) is 0 Å². The van der Waals surface area contributed by atoms with E-state index in [1.54, 1.807) is 18.2 Å². The number of amides is 3. The smallest absolute Gasteiger partial charge is 0.324 e. The van der Waals surface area contributed by atoms with Gasteiger partial charge < -0.3 is 10.2 Å². The first kappa shape index (κ1) is 16.5. The molecule has 1 saturated heterocycles. The molecule has 1 aromatic heterocycles. The summed E-state index contributed by atoms with van der Waals surface area (Å²) in [6.07, 6.45) is 4.42. The Kier molecular flexibility index (Phi) is 4.28. The van der Waals surface area contributed by atoms with Gasteiger partial charge in [0, 0.05) is 29.6 Å². The second kappa shape index (κ2) is 6.74. The molecule has 1 unspecified atom stereocenters. The minimum Gasteiger partial charge on any atom is -0.331 e. The van der Waals surface area contributed by atoms with Gasteiger partial charge in [-0.2, -0.15) is 0 Å². The average Bonchev–Trinajstić information content (AvgIpc) is 2.96. The van der Waals surface area contributed by atoms with Crippen molar-refractivity contribution in [1.29, 1.82) is 0 Å². The number of alkyl halides is 1. The Hall–Kier alpha value is -2.96. The van der Waals surface area contributed by atoms with Crippen LogP contribution in [0.5, 0.6) is 0 Å². The maximum atomic E-state index is 12.7. The van der Waals surface area contributed by atoms with E-state index < -0.39 is 12.7 Å². The van der Waals surface area contributed by atoms with Crippen LogP contribution in [-0.4, -0.2) is 28.4 Å². The molecule has 0 saturated carbocycles. The van der Waals surface area contributed by atoms with E-state index in [0.29, 0.717) is 16.8 Å². The lowest BCUT2D eigenvalue weighted by Gasteiger charge is -2.30. The van der Waals surface area contributed by atoms with Gasteiger partial charge >= 0.3 is 6.03 Å². The summed E-state index contributed by atoms with van der Waals surface area (Å²) >= 11 is 0. The fourth-order valence-corrected chi connectivity index (χ4v) is 3.74. The van der Waals surface area contributed by atoms with Gasteiger partial charge in [0.05, 0.1) is 6.04 Å². The highest BCUT2D eigenvalue weighted by Gasteiger charge is 2.39. The number of fused-ring (bicyclic) bond motifs is 3. The number of halogens is 1. The minimum absolute atomic E-state index is 0.0238. The van der Waals surface area contributed by atoms with Crippen molar-refractivity contribution in [1.82, 2.24) is 9.88 Å². The van der Waals surface area contributed by atoms with Gasteiger partial charge in [-0.1, -0.05) is 6.07 Å². The van der Waals surface area contributed by atoms with E-state index >= 15 is 0 Å². The van der Waals surface area contributed by atoms with Crippen molar-refractivity contribution in [3.63, 3.8) is 0 Å². The molecule has 0 aliphatic carbocycles. The quantitative estimate of drug-likeness (QED) is 0.878. The fraction of sp³-hybridized carbons (Fsp3) is 0.316. The fourth-order valence-electron chi connectivity index (χ4n) is 3.74. The lowest BCUT2D eigenvalue weighted by atomic mass is 9.96. The molecule has 2 aliphatic heterocycles. The van der Waals surface area contributed by atoms with Crippen LogP contribution in [0.2, 0.25) is 0 Å². The molecular weight excluding hydrogens is 335 g/mol. The van der Waals surface area contributed by atoms with Gasteiger partial charge in [-0.25, -0.2) is 14.2 Å². The topological polar surface area (TPSA) is 74.3 Å². The largest absolute Gasteiger partial charge is 0.331 e. The molecule has 1 fully saturated rings. The number of nitrogens with zero attached hydrogens (tertiary/aromatic N) is 2. The van der Waals surface area contributed by atoms with Crippen LogP contribution in [0.15, 0.2) is 36.5 Å². The van der Waals surface area contributed by atoms with Gasteiger partial charge in [0.2, 0.25) is 0 Å². The molecule has 0 radical (unpaired) electrons. The van der Waals surface area contributed by atoms with E-state index in [1.807, 2.05) is 11.0 Å². The van der Waals surface area contributed by atoms with Crippen molar-refractivity contribution in [2.24, 2.45) is 0 Å². The van der Waals surface area contributed by atoms with E-state index in [2.05, 4.69) is 15.6 Å². The van der Waals surface area contributed by atoms with Crippen molar-refractivity contribution < 1.29 is 14.0 Å². The summed E-state index contributed by atoms with van der Waals surface area (Å²) in [5.74, 6) is 0.312. The maximum Gasteiger partial charge on any atom is 0.324 e. The number of hydrogen-bond acceptors (Lipinski definition) is 3. The zero-order valence-corrected chi connectivity index (χ0v) is 14.2. The lowest BCUT2D eigenvalue weighted by molar-refractivity contribution is 0.0672. The number of anilines is 2. The summed E-state index contributed by atoms with van der Waals surface area (Å²) in [7, 11) is 0. The van der Waals surface area contributed by atoms with Crippen LogP contribution in [0, 0.1) is 0 Å². The third-order valence-corrected chi connectivity index (χ3v) is 4.90. The molecule has 134 valence electrons. The molecule has 0 spiro atoms. The molecule has 2 aliphatic rings. The molecule has 1 aromatic carbocycles.